The summed E-state index contributed by atoms with van der Waals surface area (Å²) in [6, 6.07) is 0. The first-order valence-electron chi connectivity index (χ1n) is 2.51. The van der Waals surface area contributed by atoms with Gasteiger partial charge in [0.15, 0.2) is 0 Å². The van der Waals surface area contributed by atoms with Gasteiger partial charge in [0, 0.05) is 12.8 Å². The molecule has 4 heteroatoms. The van der Waals surface area contributed by atoms with Crippen LogP contribution in [-0.4, -0.2) is 22.7 Å². The van der Waals surface area contributed by atoms with E-state index in [2.05, 4.69) is 12.6 Å². The minimum atomic E-state index is -0.833. The maximum atomic E-state index is 9.00. The third-order valence-electron chi connectivity index (χ3n) is 0.292. The Morgan fingerprint density at radius 1 is 1.78 bits per heavy atom. The average molecular weight is 171 g/mol. The average Bonchev–Trinajstić information content (AvgIpc) is 1.66. The van der Waals surface area contributed by atoms with E-state index >= 15 is 0 Å². The highest BCUT2D eigenvalue weighted by Gasteiger charge is 1.70. The maximum absolute atomic E-state index is 9.00. The third kappa shape index (κ3) is 68.0. The zero-order valence-electron chi connectivity index (χ0n) is 5.30. The summed E-state index contributed by atoms with van der Waals surface area (Å²) in [7, 11) is 0. The van der Waals surface area contributed by atoms with Gasteiger partial charge in [0.05, 0.1) is 0 Å². The van der Waals surface area contributed by atoms with Crippen LogP contribution in [0.4, 0.5) is 0 Å². The Kier molecular flexibility index (Phi) is 14.5. The SMILES string of the molecule is CC(=O)O.SCCCCl. The highest BCUT2D eigenvalue weighted by Crippen LogP contribution is 1.84. The van der Waals surface area contributed by atoms with Crippen LogP contribution < -0.4 is 0 Å². The van der Waals surface area contributed by atoms with Gasteiger partial charge in [0.1, 0.15) is 0 Å². The smallest absolute Gasteiger partial charge is 0.300 e. The molecule has 0 atom stereocenters. The maximum Gasteiger partial charge on any atom is 0.300 e. The Hall–Kier alpha value is 0.110. The van der Waals surface area contributed by atoms with Crippen LogP contribution in [0, 0.1) is 0 Å². The van der Waals surface area contributed by atoms with E-state index in [-0.39, 0.29) is 0 Å². The number of hydrogen-bond donors (Lipinski definition) is 2. The first kappa shape index (κ1) is 11.9. The third-order valence-corrected chi connectivity index (χ3v) is 0.875. The Bertz CT molecular complexity index is 62.0. The predicted molar refractivity (Wildman–Crippen MR) is 42.5 cm³/mol. The van der Waals surface area contributed by atoms with Gasteiger partial charge in [-0.2, -0.15) is 12.6 Å². The van der Waals surface area contributed by atoms with E-state index in [1.807, 2.05) is 0 Å². The van der Waals surface area contributed by atoms with Gasteiger partial charge >= 0.3 is 0 Å². The Labute approximate surface area is 65.6 Å². The molecule has 1 N–H and O–H groups in total. The van der Waals surface area contributed by atoms with Crippen LogP contribution in [-0.2, 0) is 4.79 Å². The number of alkyl halides is 1. The summed E-state index contributed by atoms with van der Waals surface area (Å²) in [5.74, 6) is 0.813. The van der Waals surface area contributed by atoms with Crippen LogP contribution in [0.3, 0.4) is 0 Å². The summed E-state index contributed by atoms with van der Waals surface area (Å²) in [5.41, 5.74) is 0. The number of carboxylic acids is 1. The molecule has 0 aliphatic heterocycles. The van der Waals surface area contributed by atoms with Gasteiger partial charge in [0.25, 0.3) is 5.97 Å². The molecular formula is C5H11ClO2S. The topological polar surface area (TPSA) is 37.3 Å². The molecule has 0 aliphatic rings. The van der Waals surface area contributed by atoms with Gasteiger partial charge < -0.3 is 5.11 Å². The van der Waals surface area contributed by atoms with Gasteiger partial charge in [-0.1, -0.05) is 0 Å². The zero-order chi connectivity index (χ0) is 7.70. The molecule has 0 aromatic rings. The summed E-state index contributed by atoms with van der Waals surface area (Å²) in [6.07, 6.45) is 1.02. The lowest BCUT2D eigenvalue weighted by atomic mass is 10.6. The predicted octanol–water partition coefficient (Wildman–Crippen LogP) is 1.64. The van der Waals surface area contributed by atoms with E-state index in [0.717, 1.165) is 25.0 Å². The number of carbonyl (C=O) groups is 1. The second kappa shape index (κ2) is 11.0. The van der Waals surface area contributed by atoms with Crippen LogP contribution >= 0.6 is 24.2 Å². The van der Waals surface area contributed by atoms with Gasteiger partial charge in [0.2, 0.25) is 0 Å². The van der Waals surface area contributed by atoms with Crippen LogP contribution in [0.5, 0.6) is 0 Å². The standard InChI is InChI=1S/C3H7ClS.C2H4O2/c4-2-1-3-5;1-2(3)4/h5H,1-3H2;1H3,(H,3,4). The lowest BCUT2D eigenvalue weighted by Gasteiger charge is -1.77. The molecule has 0 spiro atoms. The lowest BCUT2D eigenvalue weighted by molar-refractivity contribution is -0.134. The summed E-state index contributed by atoms with van der Waals surface area (Å²) in [5, 5.41) is 7.42. The molecule has 0 saturated heterocycles. The molecule has 0 aromatic carbocycles. The van der Waals surface area contributed by atoms with E-state index in [1.54, 1.807) is 0 Å². The molecule has 0 saturated carbocycles. The molecule has 56 valence electrons. The van der Waals surface area contributed by atoms with Gasteiger partial charge in [-0.25, -0.2) is 0 Å². The molecule has 0 radical (unpaired) electrons. The van der Waals surface area contributed by atoms with Crippen molar-refractivity contribution >= 4 is 30.2 Å². The highest BCUT2D eigenvalue weighted by atomic mass is 35.5. The lowest BCUT2D eigenvalue weighted by Crippen LogP contribution is -1.78. The number of halogens is 1. The molecule has 0 amide bonds. The fourth-order valence-corrected chi connectivity index (χ4v) is 0.538. The van der Waals surface area contributed by atoms with Crippen molar-refractivity contribution < 1.29 is 9.90 Å². The monoisotopic (exact) mass is 170 g/mol. The highest BCUT2D eigenvalue weighted by molar-refractivity contribution is 7.80. The van der Waals surface area contributed by atoms with Crippen LogP contribution in [0.15, 0.2) is 0 Å². The Morgan fingerprint density at radius 2 is 2.11 bits per heavy atom. The van der Waals surface area contributed by atoms with Crippen molar-refractivity contribution in [3.63, 3.8) is 0 Å². The van der Waals surface area contributed by atoms with Crippen LogP contribution in [0.25, 0.3) is 0 Å². The number of rotatable bonds is 2. The van der Waals surface area contributed by atoms with Crippen molar-refractivity contribution in [2.45, 2.75) is 13.3 Å². The van der Waals surface area contributed by atoms with Crippen LogP contribution in [0.1, 0.15) is 13.3 Å². The molecule has 0 rings (SSSR count). The molecule has 0 heterocycles. The molecular weight excluding hydrogens is 160 g/mol. The molecule has 0 aliphatic carbocycles. The fraction of sp³-hybridized carbons (Fsp3) is 0.800. The van der Waals surface area contributed by atoms with Gasteiger partial charge in [-0.15, -0.1) is 11.6 Å². The Balaban J connectivity index is 0. The van der Waals surface area contributed by atoms with Crippen molar-refractivity contribution in [2.24, 2.45) is 0 Å². The minimum absolute atomic E-state index is 0.740. The van der Waals surface area contributed by atoms with Crippen molar-refractivity contribution in [3.05, 3.63) is 0 Å². The zero-order valence-corrected chi connectivity index (χ0v) is 6.95. The summed E-state index contributed by atoms with van der Waals surface area (Å²) < 4.78 is 0. The first-order chi connectivity index (χ1) is 4.15. The molecule has 0 aromatic heterocycles. The molecule has 0 unspecified atom stereocenters. The molecule has 2 nitrogen and oxygen atoms in total. The number of aliphatic carboxylic acids is 1. The van der Waals surface area contributed by atoms with Crippen molar-refractivity contribution in [2.75, 3.05) is 11.6 Å². The van der Waals surface area contributed by atoms with Crippen molar-refractivity contribution in [1.82, 2.24) is 0 Å². The second-order valence-corrected chi connectivity index (χ2v) is 2.11. The molecule has 0 bridgehead atoms. The van der Waals surface area contributed by atoms with E-state index in [0.29, 0.717) is 0 Å². The molecule has 9 heavy (non-hydrogen) atoms. The first-order valence-corrected chi connectivity index (χ1v) is 3.68. The van der Waals surface area contributed by atoms with Crippen molar-refractivity contribution in [3.8, 4) is 0 Å². The van der Waals surface area contributed by atoms with Crippen LogP contribution in [0.2, 0.25) is 0 Å². The fourth-order valence-electron chi connectivity index (χ4n) is 0.0598. The second-order valence-electron chi connectivity index (χ2n) is 1.29. The summed E-state index contributed by atoms with van der Waals surface area (Å²) in [6.45, 7) is 1.08. The van der Waals surface area contributed by atoms with E-state index < -0.39 is 5.97 Å². The van der Waals surface area contributed by atoms with Gasteiger partial charge in [-0.05, 0) is 12.2 Å². The minimum Gasteiger partial charge on any atom is -0.481 e. The van der Waals surface area contributed by atoms with E-state index in [4.69, 9.17) is 21.5 Å². The number of carboxylic acid groups (broad SMARTS) is 1. The van der Waals surface area contributed by atoms with Crippen molar-refractivity contribution in [1.29, 1.82) is 0 Å². The van der Waals surface area contributed by atoms with Gasteiger partial charge in [-0.3, -0.25) is 4.79 Å². The normalized spacial score (nSPS) is 7.44. The summed E-state index contributed by atoms with van der Waals surface area (Å²) in [4.78, 5) is 9.00. The van der Waals surface area contributed by atoms with E-state index in [1.165, 1.54) is 0 Å². The van der Waals surface area contributed by atoms with E-state index in [9.17, 15) is 0 Å². The number of thiol groups is 1. The molecule has 0 fully saturated rings. The quantitative estimate of drug-likeness (QED) is 0.489. The largest absolute Gasteiger partial charge is 0.481 e. The summed E-state index contributed by atoms with van der Waals surface area (Å²) >= 11 is 9.17. The Morgan fingerprint density at radius 3 is 2.11 bits per heavy atom. The number of hydrogen-bond acceptors (Lipinski definition) is 2.